The Hall–Kier alpha value is -2.79. The molecule has 3 aromatic rings. The van der Waals surface area contributed by atoms with Crippen LogP contribution in [-0.4, -0.2) is 15.9 Å². The van der Waals surface area contributed by atoms with E-state index in [0.717, 1.165) is 20.9 Å². The van der Waals surface area contributed by atoms with Crippen LogP contribution in [0.15, 0.2) is 70.7 Å². The Morgan fingerprint density at radius 2 is 1.72 bits per heavy atom. The number of pyridine rings is 1. The molecule has 1 aromatic heterocycles. The summed E-state index contributed by atoms with van der Waals surface area (Å²) >= 11 is 1.69. The molecule has 0 fully saturated rings. The second-order valence-electron chi connectivity index (χ2n) is 7.13. The topological polar surface area (TPSA) is 59.4 Å². The SMILES string of the molecule is CC(=O)C(C)Cc1ccc(OCc2ccc(Sc3ccncc3)cc2)c(C)c1O. The summed E-state index contributed by atoms with van der Waals surface area (Å²) in [5, 5.41) is 10.5. The molecule has 1 unspecified atom stereocenters. The van der Waals surface area contributed by atoms with Crippen molar-refractivity contribution < 1.29 is 14.6 Å². The van der Waals surface area contributed by atoms with Crippen LogP contribution in [-0.2, 0) is 17.8 Å². The number of ketones is 1. The van der Waals surface area contributed by atoms with Crippen LogP contribution in [0.25, 0.3) is 0 Å². The van der Waals surface area contributed by atoms with E-state index in [2.05, 4.69) is 17.1 Å². The van der Waals surface area contributed by atoms with Crippen LogP contribution in [0.4, 0.5) is 0 Å². The Kier molecular flexibility index (Phi) is 6.94. The summed E-state index contributed by atoms with van der Waals surface area (Å²) in [5.41, 5.74) is 2.52. The molecule has 0 radical (unpaired) electrons. The molecule has 0 aliphatic heterocycles. The van der Waals surface area contributed by atoms with Gasteiger partial charge in [0.15, 0.2) is 0 Å². The predicted molar refractivity (Wildman–Crippen MR) is 116 cm³/mol. The van der Waals surface area contributed by atoms with Gasteiger partial charge in [-0.25, -0.2) is 0 Å². The molecule has 0 saturated heterocycles. The quantitative estimate of drug-likeness (QED) is 0.527. The number of aromatic hydroxyl groups is 1. The first kappa shape index (κ1) is 20.9. The summed E-state index contributed by atoms with van der Waals surface area (Å²) in [6.07, 6.45) is 4.10. The van der Waals surface area contributed by atoms with Gasteiger partial charge in [-0.3, -0.25) is 9.78 Å². The van der Waals surface area contributed by atoms with Crippen LogP contribution >= 0.6 is 11.8 Å². The lowest BCUT2D eigenvalue weighted by molar-refractivity contribution is -0.120. The van der Waals surface area contributed by atoms with Crippen molar-refractivity contribution in [3.8, 4) is 11.5 Å². The van der Waals surface area contributed by atoms with Crippen LogP contribution in [0, 0.1) is 12.8 Å². The van der Waals surface area contributed by atoms with Crippen LogP contribution in [0.1, 0.15) is 30.5 Å². The highest BCUT2D eigenvalue weighted by atomic mass is 32.2. The second-order valence-corrected chi connectivity index (χ2v) is 8.28. The van der Waals surface area contributed by atoms with E-state index < -0.39 is 0 Å². The van der Waals surface area contributed by atoms with Crippen molar-refractivity contribution in [2.24, 2.45) is 5.92 Å². The third-order valence-corrected chi connectivity index (χ3v) is 5.90. The molecule has 1 N–H and O–H groups in total. The molecule has 0 aliphatic carbocycles. The Balaban J connectivity index is 1.62. The highest BCUT2D eigenvalue weighted by Crippen LogP contribution is 2.33. The average molecular weight is 408 g/mol. The maximum Gasteiger partial charge on any atom is 0.132 e. The van der Waals surface area contributed by atoms with Gasteiger partial charge in [-0.15, -0.1) is 0 Å². The van der Waals surface area contributed by atoms with Crippen LogP contribution in [0.3, 0.4) is 0 Å². The minimum Gasteiger partial charge on any atom is -0.507 e. The van der Waals surface area contributed by atoms with Gasteiger partial charge in [-0.2, -0.15) is 0 Å². The van der Waals surface area contributed by atoms with Gasteiger partial charge in [0.25, 0.3) is 0 Å². The molecule has 5 heteroatoms. The lowest BCUT2D eigenvalue weighted by Gasteiger charge is -2.15. The zero-order valence-corrected chi connectivity index (χ0v) is 17.7. The Labute approximate surface area is 176 Å². The standard InChI is InChI=1S/C24H25NO3S/c1-16(18(3)26)14-20-6-9-23(17(2)24(20)27)28-15-19-4-7-21(8-5-19)29-22-10-12-25-13-11-22/h4-13,16,27H,14-15H2,1-3H3. The number of hydrogen-bond acceptors (Lipinski definition) is 5. The first-order valence-corrected chi connectivity index (χ1v) is 10.4. The number of phenols is 1. The van der Waals surface area contributed by atoms with E-state index in [9.17, 15) is 9.90 Å². The van der Waals surface area contributed by atoms with Crippen molar-refractivity contribution in [3.05, 3.63) is 77.6 Å². The van der Waals surface area contributed by atoms with Gasteiger partial charge in [-0.1, -0.05) is 36.9 Å². The number of nitrogens with zero attached hydrogens (tertiary/aromatic N) is 1. The molecular formula is C24H25NO3S. The smallest absolute Gasteiger partial charge is 0.132 e. The summed E-state index contributed by atoms with van der Waals surface area (Å²) in [6.45, 7) is 5.70. The predicted octanol–water partition coefficient (Wildman–Crippen LogP) is 5.59. The number of hydrogen-bond donors (Lipinski definition) is 1. The van der Waals surface area contributed by atoms with Gasteiger partial charge in [0.2, 0.25) is 0 Å². The first-order valence-electron chi connectivity index (χ1n) is 9.55. The van der Waals surface area contributed by atoms with E-state index in [1.807, 2.05) is 50.2 Å². The lowest BCUT2D eigenvalue weighted by Crippen LogP contribution is -2.10. The Bertz CT molecular complexity index is 971. The van der Waals surface area contributed by atoms with Gasteiger partial charge in [0, 0.05) is 33.7 Å². The molecule has 0 spiro atoms. The van der Waals surface area contributed by atoms with Crippen LogP contribution in [0.2, 0.25) is 0 Å². The summed E-state index contributed by atoms with van der Waals surface area (Å²) in [4.78, 5) is 17.8. The first-order chi connectivity index (χ1) is 13.9. The largest absolute Gasteiger partial charge is 0.507 e. The van der Waals surface area contributed by atoms with Crippen molar-refractivity contribution in [1.29, 1.82) is 0 Å². The highest BCUT2D eigenvalue weighted by Gasteiger charge is 2.15. The van der Waals surface area contributed by atoms with Crippen molar-refractivity contribution >= 4 is 17.5 Å². The van der Waals surface area contributed by atoms with E-state index in [1.165, 1.54) is 0 Å². The van der Waals surface area contributed by atoms with Gasteiger partial charge in [0.1, 0.15) is 23.9 Å². The zero-order valence-electron chi connectivity index (χ0n) is 16.9. The number of Topliss-reactive ketones (excluding diaryl/α,β-unsaturated/α-hetero) is 1. The molecule has 0 aliphatic rings. The van der Waals surface area contributed by atoms with Crippen molar-refractivity contribution in [2.75, 3.05) is 0 Å². The fourth-order valence-electron chi connectivity index (χ4n) is 2.89. The van der Waals surface area contributed by atoms with Crippen LogP contribution in [0.5, 0.6) is 11.5 Å². The van der Waals surface area contributed by atoms with E-state index >= 15 is 0 Å². The fourth-order valence-corrected chi connectivity index (χ4v) is 3.69. The summed E-state index contributed by atoms with van der Waals surface area (Å²) < 4.78 is 5.93. The van der Waals surface area contributed by atoms with Crippen molar-refractivity contribution in [1.82, 2.24) is 4.98 Å². The van der Waals surface area contributed by atoms with E-state index in [4.69, 9.17) is 4.74 Å². The molecule has 0 amide bonds. The number of phenolic OH excluding ortho intramolecular Hbond substituents is 1. The van der Waals surface area contributed by atoms with Gasteiger partial charge < -0.3 is 9.84 Å². The van der Waals surface area contributed by atoms with Crippen LogP contribution < -0.4 is 4.74 Å². The normalized spacial score (nSPS) is 11.8. The second kappa shape index (κ2) is 9.61. The van der Waals surface area contributed by atoms with Gasteiger partial charge in [-0.05, 0) is 61.7 Å². The van der Waals surface area contributed by atoms with Crippen molar-refractivity contribution in [3.63, 3.8) is 0 Å². The van der Waals surface area contributed by atoms with E-state index in [0.29, 0.717) is 24.3 Å². The maximum atomic E-state index is 11.5. The molecule has 0 bridgehead atoms. The van der Waals surface area contributed by atoms with Gasteiger partial charge in [0.05, 0.1) is 0 Å². The number of carbonyl (C=O) groups excluding carboxylic acids is 1. The number of rotatable bonds is 8. The minimum absolute atomic E-state index is 0.115. The molecule has 4 nitrogen and oxygen atoms in total. The number of ether oxygens (including phenoxy) is 1. The third kappa shape index (κ3) is 5.61. The molecule has 3 rings (SSSR count). The van der Waals surface area contributed by atoms with E-state index in [-0.39, 0.29) is 17.5 Å². The Morgan fingerprint density at radius 3 is 2.38 bits per heavy atom. The van der Waals surface area contributed by atoms with Gasteiger partial charge >= 0.3 is 0 Å². The minimum atomic E-state index is -0.115. The monoisotopic (exact) mass is 407 g/mol. The van der Waals surface area contributed by atoms with Crippen molar-refractivity contribution in [2.45, 2.75) is 43.6 Å². The summed E-state index contributed by atoms with van der Waals surface area (Å²) in [5.74, 6) is 0.861. The lowest BCUT2D eigenvalue weighted by atomic mass is 9.95. The fraction of sp³-hybridized carbons (Fsp3) is 0.250. The zero-order chi connectivity index (χ0) is 20.8. The maximum absolute atomic E-state index is 11.5. The number of aromatic nitrogens is 1. The summed E-state index contributed by atoms with van der Waals surface area (Å²) in [7, 11) is 0. The molecule has 0 saturated carbocycles. The highest BCUT2D eigenvalue weighted by molar-refractivity contribution is 7.99. The molecule has 150 valence electrons. The average Bonchev–Trinajstić information content (AvgIpc) is 2.72. The summed E-state index contributed by atoms with van der Waals surface area (Å²) in [6, 6.07) is 15.9. The molecule has 29 heavy (non-hydrogen) atoms. The molecule has 1 atom stereocenters. The third-order valence-electron chi connectivity index (χ3n) is 4.89. The molecule has 1 heterocycles. The number of carbonyl (C=O) groups is 1. The molecular weight excluding hydrogens is 382 g/mol. The number of benzene rings is 2. The molecule has 2 aromatic carbocycles. The Morgan fingerprint density at radius 1 is 1.07 bits per heavy atom. The van der Waals surface area contributed by atoms with E-state index in [1.54, 1.807) is 31.1 Å².